The number of benzene rings is 2. The van der Waals surface area contributed by atoms with Gasteiger partial charge in [0, 0.05) is 36.9 Å². The molecule has 0 saturated carbocycles. The summed E-state index contributed by atoms with van der Waals surface area (Å²) in [5.74, 6) is -0.261. The van der Waals surface area contributed by atoms with E-state index in [0.717, 1.165) is 18.5 Å². The lowest BCUT2D eigenvalue weighted by Gasteiger charge is -2.20. The van der Waals surface area contributed by atoms with Crippen molar-refractivity contribution in [3.05, 3.63) is 70.4 Å². The zero-order chi connectivity index (χ0) is 29.7. The summed E-state index contributed by atoms with van der Waals surface area (Å²) in [6.07, 6.45) is -9.17. The zero-order valence-electron chi connectivity index (χ0n) is 21.6. The molecule has 0 radical (unpaired) electrons. The quantitative estimate of drug-likeness (QED) is 0.202. The average molecular weight is 591 g/mol. The van der Waals surface area contributed by atoms with Crippen LogP contribution in [0, 0.1) is 0 Å². The van der Waals surface area contributed by atoms with E-state index in [2.05, 4.69) is 9.97 Å². The third-order valence-corrected chi connectivity index (χ3v) is 5.77. The molecule has 7 nitrogen and oxygen atoms in total. The van der Waals surface area contributed by atoms with Gasteiger partial charge in [-0.1, -0.05) is 29.8 Å². The van der Waals surface area contributed by atoms with Crippen LogP contribution >= 0.6 is 11.6 Å². The third kappa shape index (κ3) is 8.46. The Morgan fingerprint density at radius 1 is 0.950 bits per heavy atom. The molecule has 0 aliphatic heterocycles. The molecule has 2 aromatic carbocycles. The van der Waals surface area contributed by atoms with Crippen molar-refractivity contribution in [2.75, 3.05) is 34.3 Å². The van der Waals surface area contributed by atoms with Gasteiger partial charge in [-0.3, -0.25) is 0 Å². The molecule has 3 aromatic rings. The van der Waals surface area contributed by atoms with Crippen molar-refractivity contribution < 1.29 is 40.6 Å². The Labute approximate surface area is 231 Å². The number of ether oxygens (including phenoxy) is 2. The molecule has 1 heterocycles. The van der Waals surface area contributed by atoms with Gasteiger partial charge in [-0.2, -0.15) is 31.3 Å². The van der Waals surface area contributed by atoms with Gasteiger partial charge in [0.2, 0.25) is 5.88 Å². The summed E-state index contributed by atoms with van der Waals surface area (Å²) in [7, 11) is 4.95. The number of carbonyl (C=O) groups is 1. The molecule has 0 N–H and O–H groups in total. The molecule has 0 aliphatic carbocycles. The van der Waals surface area contributed by atoms with E-state index >= 15 is 0 Å². The van der Waals surface area contributed by atoms with Gasteiger partial charge in [0.25, 0.3) is 0 Å². The van der Waals surface area contributed by atoms with E-state index in [-0.39, 0.29) is 30.1 Å². The van der Waals surface area contributed by atoms with Crippen molar-refractivity contribution in [3.8, 4) is 23.0 Å². The van der Waals surface area contributed by atoms with Crippen LogP contribution in [0.2, 0.25) is 5.02 Å². The maximum absolute atomic E-state index is 13.2. The number of amides is 1. The Balaban J connectivity index is 1.87. The van der Waals surface area contributed by atoms with Crippen LogP contribution in [-0.2, 0) is 18.9 Å². The van der Waals surface area contributed by atoms with Gasteiger partial charge < -0.3 is 19.3 Å². The SMILES string of the molecule is CN(C)CCCOc1ncc(-c2ccccc2Cl)c(OC(=O)N(C)Cc2cc(C(F)(F)F)cc(C(F)(F)F)c2)n1. The number of nitrogens with zero attached hydrogens (tertiary/aromatic N) is 4. The van der Waals surface area contributed by atoms with Crippen LogP contribution in [0.25, 0.3) is 11.1 Å². The molecule has 0 saturated heterocycles. The molecule has 0 unspecified atom stereocenters. The lowest BCUT2D eigenvalue weighted by atomic mass is 10.0. The van der Waals surface area contributed by atoms with Crippen molar-refractivity contribution in [2.24, 2.45) is 0 Å². The summed E-state index contributed by atoms with van der Waals surface area (Å²) in [6.45, 7) is 0.371. The summed E-state index contributed by atoms with van der Waals surface area (Å²) in [6, 6.07) is 7.56. The van der Waals surface area contributed by atoms with Gasteiger partial charge in [0.05, 0.1) is 23.3 Å². The van der Waals surface area contributed by atoms with Crippen molar-refractivity contribution >= 4 is 17.7 Å². The lowest BCUT2D eigenvalue weighted by Crippen LogP contribution is -2.30. The summed E-state index contributed by atoms with van der Waals surface area (Å²) in [5, 5.41) is 0.292. The maximum atomic E-state index is 13.2. The van der Waals surface area contributed by atoms with Crippen LogP contribution in [0.1, 0.15) is 23.1 Å². The van der Waals surface area contributed by atoms with Crippen molar-refractivity contribution in [1.29, 1.82) is 0 Å². The molecule has 40 heavy (non-hydrogen) atoms. The van der Waals surface area contributed by atoms with Crippen LogP contribution in [0.5, 0.6) is 11.9 Å². The van der Waals surface area contributed by atoms with E-state index < -0.39 is 41.7 Å². The number of rotatable bonds is 9. The molecule has 1 aromatic heterocycles. The predicted octanol–water partition coefficient (Wildman–Crippen LogP) is 6.80. The zero-order valence-corrected chi connectivity index (χ0v) is 22.4. The van der Waals surface area contributed by atoms with Crippen molar-refractivity contribution in [2.45, 2.75) is 25.3 Å². The van der Waals surface area contributed by atoms with Crippen LogP contribution in [0.15, 0.2) is 48.7 Å². The number of aromatic nitrogens is 2. The molecule has 3 rings (SSSR count). The molecule has 0 fully saturated rings. The Morgan fingerprint density at radius 2 is 1.57 bits per heavy atom. The highest BCUT2D eigenvalue weighted by Gasteiger charge is 2.37. The Kier molecular flexibility index (Phi) is 9.85. The topological polar surface area (TPSA) is 67.8 Å². The normalized spacial score (nSPS) is 12.0. The first-order valence-electron chi connectivity index (χ1n) is 11.8. The minimum Gasteiger partial charge on any atom is -0.463 e. The highest BCUT2D eigenvalue weighted by Crippen LogP contribution is 2.37. The fourth-order valence-corrected chi connectivity index (χ4v) is 3.75. The lowest BCUT2D eigenvalue weighted by molar-refractivity contribution is -0.143. The van der Waals surface area contributed by atoms with Crippen LogP contribution in [0.3, 0.4) is 0 Å². The maximum Gasteiger partial charge on any atom is 0.416 e. The van der Waals surface area contributed by atoms with Gasteiger partial charge in [0.1, 0.15) is 0 Å². The van der Waals surface area contributed by atoms with Crippen molar-refractivity contribution in [3.63, 3.8) is 0 Å². The van der Waals surface area contributed by atoms with E-state index in [1.807, 2.05) is 19.0 Å². The fourth-order valence-electron chi connectivity index (χ4n) is 3.52. The highest BCUT2D eigenvalue weighted by molar-refractivity contribution is 6.33. The average Bonchev–Trinajstić information content (AvgIpc) is 2.86. The van der Waals surface area contributed by atoms with E-state index in [4.69, 9.17) is 21.1 Å². The number of hydrogen-bond acceptors (Lipinski definition) is 6. The molecule has 0 spiro atoms. The summed E-state index contributed by atoms with van der Waals surface area (Å²) >= 11 is 6.29. The number of carbonyl (C=O) groups excluding carboxylic acids is 1. The van der Waals surface area contributed by atoms with E-state index in [0.29, 0.717) is 29.1 Å². The minimum atomic E-state index is -5.02. The van der Waals surface area contributed by atoms with Gasteiger partial charge >= 0.3 is 24.5 Å². The first-order valence-corrected chi connectivity index (χ1v) is 12.1. The molecule has 0 atom stereocenters. The van der Waals surface area contributed by atoms with Gasteiger partial charge in [-0.05, 0) is 50.3 Å². The number of hydrogen-bond donors (Lipinski definition) is 0. The number of alkyl halides is 6. The first kappa shape index (κ1) is 31.0. The number of halogens is 7. The third-order valence-electron chi connectivity index (χ3n) is 5.44. The standard InChI is InChI=1S/C26H25ClF6N4O3/c1-36(2)9-6-10-39-23-34-14-20(19-7-4-5-8-21(19)27)22(35-23)40-24(38)37(3)15-16-11-17(25(28,29)30)13-18(12-16)26(31,32)33/h4-5,7-8,11-14H,6,9-10,15H2,1-3H3. The van der Waals surface area contributed by atoms with Gasteiger partial charge in [-0.15, -0.1) is 0 Å². The monoisotopic (exact) mass is 590 g/mol. The van der Waals surface area contributed by atoms with E-state index in [9.17, 15) is 31.1 Å². The summed E-state index contributed by atoms with van der Waals surface area (Å²) in [5.41, 5.74) is -2.76. The largest absolute Gasteiger partial charge is 0.463 e. The first-order chi connectivity index (χ1) is 18.6. The summed E-state index contributed by atoms with van der Waals surface area (Å²) < 4.78 is 90.4. The van der Waals surface area contributed by atoms with Crippen molar-refractivity contribution in [1.82, 2.24) is 19.8 Å². The predicted molar refractivity (Wildman–Crippen MR) is 135 cm³/mol. The molecule has 0 aliphatic rings. The molecule has 216 valence electrons. The molecular formula is C26H25ClF6N4O3. The fraction of sp³-hybridized carbons (Fsp3) is 0.346. The van der Waals surface area contributed by atoms with E-state index in [1.165, 1.54) is 6.20 Å². The second-order valence-corrected chi connectivity index (χ2v) is 9.40. The van der Waals surface area contributed by atoms with Crippen LogP contribution in [0.4, 0.5) is 31.1 Å². The summed E-state index contributed by atoms with van der Waals surface area (Å²) in [4.78, 5) is 24.0. The second kappa shape index (κ2) is 12.7. The smallest absolute Gasteiger partial charge is 0.416 e. The highest BCUT2D eigenvalue weighted by atomic mass is 35.5. The minimum absolute atomic E-state index is 0.0126. The Hall–Kier alpha value is -3.58. The van der Waals surface area contributed by atoms with Gasteiger partial charge in [0.15, 0.2) is 0 Å². The second-order valence-electron chi connectivity index (χ2n) is 8.99. The Morgan fingerprint density at radius 3 is 2.15 bits per heavy atom. The molecular weight excluding hydrogens is 566 g/mol. The van der Waals surface area contributed by atoms with Crippen LogP contribution in [-0.4, -0.2) is 60.2 Å². The Bertz CT molecular complexity index is 1300. The molecule has 1 amide bonds. The van der Waals surface area contributed by atoms with Crippen LogP contribution < -0.4 is 9.47 Å². The van der Waals surface area contributed by atoms with E-state index in [1.54, 1.807) is 24.3 Å². The van der Waals surface area contributed by atoms with Gasteiger partial charge in [-0.25, -0.2) is 9.78 Å². The molecule has 14 heteroatoms. The molecule has 0 bridgehead atoms.